The highest BCUT2D eigenvalue weighted by molar-refractivity contribution is 5.80. The van der Waals surface area contributed by atoms with Gasteiger partial charge in [0, 0.05) is 44.4 Å². The summed E-state index contributed by atoms with van der Waals surface area (Å²) in [5.41, 5.74) is 7.38. The van der Waals surface area contributed by atoms with Crippen molar-refractivity contribution in [3.63, 3.8) is 0 Å². The van der Waals surface area contributed by atoms with E-state index in [-0.39, 0.29) is 31.0 Å². The molecule has 204 valence electrons. The van der Waals surface area contributed by atoms with E-state index in [9.17, 15) is 19.8 Å². The number of rotatable bonds is 17. The lowest BCUT2D eigenvalue weighted by atomic mass is 9.79. The molecule has 0 aliphatic carbocycles. The number of nitrogens with two attached hydrogens (primary N) is 1. The van der Waals surface area contributed by atoms with Gasteiger partial charge in [-0.15, -0.1) is 0 Å². The molecule has 2 amide bonds. The van der Waals surface area contributed by atoms with Gasteiger partial charge in [-0.05, 0) is 61.1 Å². The van der Waals surface area contributed by atoms with Gasteiger partial charge in [0.25, 0.3) is 0 Å². The Morgan fingerprint density at radius 3 is 2.32 bits per heavy atom. The van der Waals surface area contributed by atoms with E-state index in [1.165, 1.54) is 0 Å². The number of benzene rings is 2. The number of phenols is 1. The van der Waals surface area contributed by atoms with Crippen LogP contribution in [0.4, 0.5) is 0 Å². The lowest BCUT2D eigenvalue weighted by Gasteiger charge is -2.34. The summed E-state index contributed by atoms with van der Waals surface area (Å²) in [5, 5.41) is 24.4. The van der Waals surface area contributed by atoms with Crippen LogP contribution in [0, 0.1) is 11.8 Å². The zero-order valence-corrected chi connectivity index (χ0v) is 22.4. The molecule has 0 heterocycles. The predicted octanol–water partition coefficient (Wildman–Crippen LogP) is 3.24. The Hall–Kier alpha value is -3.10. The second-order valence-corrected chi connectivity index (χ2v) is 9.52. The number of hydrogen-bond acceptors (Lipinski definition) is 6. The maximum atomic E-state index is 13.8. The Bertz CT molecular complexity index is 960. The van der Waals surface area contributed by atoms with Crippen molar-refractivity contribution >= 4 is 11.8 Å². The number of phenolic OH excluding ortho intramolecular Hbond substituents is 1. The summed E-state index contributed by atoms with van der Waals surface area (Å²) < 4.78 is 5.29. The van der Waals surface area contributed by atoms with Gasteiger partial charge in [-0.3, -0.25) is 9.59 Å². The first-order valence-corrected chi connectivity index (χ1v) is 13.2. The summed E-state index contributed by atoms with van der Waals surface area (Å²) in [7, 11) is 1.62. The molecule has 2 aromatic rings. The molecule has 1 unspecified atom stereocenters. The molecular weight excluding hydrogens is 470 g/mol. The molecule has 0 aromatic heterocycles. The van der Waals surface area contributed by atoms with Crippen molar-refractivity contribution in [2.24, 2.45) is 17.6 Å². The summed E-state index contributed by atoms with van der Waals surface area (Å²) in [6.07, 6.45) is 1.55. The molecule has 0 saturated carbocycles. The minimum absolute atomic E-state index is 0.0550. The first-order chi connectivity index (χ1) is 17.8. The van der Waals surface area contributed by atoms with Crippen LogP contribution in [0.2, 0.25) is 0 Å². The first kappa shape index (κ1) is 30.1. The second-order valence-electron chi connectivity index (χ2n) is 9.52. The fraction of sp³-hybridized carbons (Fsp3) is 0.517. The Balaban J connectivity index is 2.29. The summed E-state index contributed by atoms with van der Waals surface area (Å²) in [6, 6.07) is 14.5. The zero-order valence-electron chi connectivity index (χ0n) is 22.4. The van der Waals surface area contributed by atoms with Crippen LogP contribution in [0.15, 0.2) is 48.5 Å². The van der Waals surface area contributed by atoms with E-state index >= 15 is 0 Å². The summed E-state index contributed by atoms with van der Waals surface area (Å²) in [4.78, 5) is 27.3. The molecule has 0 spiro atoms. The number of hydrogen-bond donors (Lipinski definition) is 4. The molecule has 3 atom stereocenters. The van der Waals surface area contributed by atoms with E-state index in [0.717, 1.165) is 29.7 Å². The zero-order chi connectivity index (χ0) is 27.2. The number of carbonyl (C=O) groups excluding carboxylic acids is 2. The van der Waals surface area contributed by atoms with Crippen LogP contribution < -0.4 is 15.8 Å². The summed E-state index contributed by atoms with van der Waals surface area (Å²) in [5.74, 6) is -0.642. The fourth-order valence-corrected chi connectivity index (χ4v) is 4.67. The Kier molecular flexibility index (Phi) is 12.9. The van der Waals surface area contributed by atoms with Crippen LogP contribution >= 0.6 is 0 Å². The Morgan fingerprint density at radius 1 is 1.05 bits per heavy atom. The van der Waals surface area contributed by atoms with Gasteiger partial charge in [-0.2, -0.15) is 0 Å². The van der Waals surface area contributed by atoms with Crippen molar-refractivity contribution < 1.29 is 24.5 Å². The molecule has 8 nitrogen and oxygen atoms in total. The third-order valence-corrected chi connectivity index (χ3v) is 6.55. The maximum Gasteiger partial charge on any atom is 0.226 e. The highest BCUT2D eigenvalue weighted by Gasteiger charge is 2.35. The average molecular weight is 514 g/mol. The highest BCUT2D eigenvalue weighted by atomic mass is 16.5. The molecule has 0 aliphatic rings. The minimum Gasteiger partial charge on any atom is -0.508 e. The number of aromatic hydroxyl groups is 1. The molecule has 0 bridgehead atoms. The Labute approximate surface area is 220 Å². The minimum atomic E-state index is -0.855. The average Bonchev–Trinajstić information content (AvgIpc) is 2.88. The molecular formula is C29H43N3O5. The number of methoxy groups -OCH3 is 1. The smallest absolute Gasteiger partial charge is 0.226 e. The van der Waals surface area contributed by atoms with Gasteiger partial charge in [0.2, 0.25) is 11.8 Å². The quantitative estimate of drug-likeness (QED) is 0.257. The van der Waals surface area contributed by atoms with Crippen LogP contribution in [0.25, 0.3) is 0 Å². The molecule has 0 radical (unpaired) electrons. The molecule has 8 heteroatoms. The van der Waals surface area contributed by atoms with Crippen LogP contribution in [-0.4, -0.2) is 59.8 Å². The van der Waals surface area contributed by atoms with Crippen molar-refractivity contribution in [2.45, 2.75) is 58.6 Å². The van der Waals surface area contributed by atoms with Gasteiger partial charge in [0.05, 0.1) is 13.2 Å². The number of amides is 2. The monoisotopic (exact) mass is 513 g/mol. The molecule has 37 heavy (non-hydrogen) atoms. The van der Waals surface area contributed by atoms with Crippen molar-refractivity contribution in [1.82, 2.24) is 10.2 Å². The molecule has 5 N–H and O–H groups in total. The topological polar surface area (TPSA) is 125 Å². The van der Waals surface area contributed by atoms with E-state index in [2.05, 4.69) is 5.32 Å². The van der Waals surface area contributed by atoms with Crippen molar-refractivity contribution in [3.8, 4) is 11.5 Å². The lowest BCUT2D eigenvalue weighted by molar-refractivity contribution is -0.140. The standard InChI is InChI=1S/C29H43N3O5/c1-4-15-32(16-5-2)29(36)25(13-14-28(30)35)26(18-21-9-11-23(33)12-10-21)27(34)20-31-19-22-7-6-8-24(17-22)37-3/h6-12,17,25-27,31,33-34H,4-5,13-16,18-20H2,1-3H3,(H2,30,35)/t25?,26-,27-/m0/s1. The normalized spacial score (nSPS) is 13.5. The number of nitrogens with zero attached hydrogens (tertiary/aromatic N) is 1. The molecule has 0 fully saturated rings. The van der Waals surface area contributed by atoms with E-state index < -0.39 is 23.8 Å². The van der Waals surface area contributed by atoms with Crippen LogP contribution in [-0.2, 0) is 22.6 Å². The number of carbonyl (C=O) groups is 2. The van der Waals surface area contributed by atoms with Crippen LogP contribution in [0.1, 0.15) is 50.7 Å². The van der Waals surface area contributed by atoms with Crippen LogP contribution in [0.3, 0.4) is 0 Å². The number of aliphatic hydroxyl groups is 1. The third kappa shape index (κ3) is 10.1. The summed E-state index contributed by atoms with van der Waals surface area (Å²) in [6.45, 7) is 6.09. The van der Waals surface area contributed by atoms with Gasteiger partial charge in [0.1, 0.15) is 11.5 Å². The van der Waals surface area contributed by atoms with E-state index in [1.54, 1.807) is 31.4 Å². The maximum absolute atomic E-state index is 13.8. The van der Waals surface area contributed by atoms with Gasteiger partial charge in [-0.25, -0.2) is 0 Å². The van der Waals surface area contributed by atoms with Crippen molar-refractivity contribution in [2.75, 3.05) is 26.7 Å². The molecule has 0 saturated heterocycles. The second kappa shape index (κ2) is 15.9. The number of ether oxygens (including phenoxy) is 1. The first-order valence-electron chi connectivity index (χ1n) is 13.2. The van der Waals surface area contributed by atoms with Gasteiger partial charge >= 0.3 is 0 Å². The van der Waals surface area contributed by atoms with E-state index in [1.807, 2.05) is 43.0 Å². The van der Waals surface area contributed by atoms with Gasteiger partial charge in [0.15, 0.2) is 0 Å². The molecule has 2 rings (SSSR count). The number of primary amides is 1. The largest absolute Gasteiger partial charge is 0.508 e. The SMILES string of the molecule is CCCN(CCC)C(=O)C(CCC(N)=O)[C@H](Cc1ccc(O)cc1)[C@@H](O)CNCc1cccc(OC)c1. The highest BCUT2D eigenvalue weighted by Crippen LogP contribution is 2.29. The summed E-state index contributed by atoms with van der Waals surface area (Å²) >= 11 is 0. The van der Waals surface area contributed by atoms with E-state index in [4.69, 9.17) is 10.5 Å². The predicted molar refractivity (Wildman–Crippen MR) is 145 cm³/mol. The van der Waals surface area contributed by atoms with Gasteiger partial charge < -0.3 is 30.9 Å². The van der Waals surface area contributed by atoms with Crippen molar-refractivity contribution in [3.05, 3.63) is 59.7 Å². The Morgan fingerprint density at radius 2 is 1.73 bits per heavy atom. The number of nitrogens with one attached hydrogen (secondary N) is 1. The lowest BCUT2D eigenvalue weighted by Crippen LogP contribution is -2.46. The van der Waals surface area contributed by atoms with Gasteiger partial charge in [-0.1, -0.05) is 38.1 Å². The van der Waals surface area contributed by atoms with Crippen molar-refractivity contribution in [1.29, 1.82) is 0 Å². The van der Waals surface area contributed by atoms with E-state index in [0.29, 0.717) is 26.1 Å². The third-order valence-electron chi connectivity index (χ3n) is 6.55. The fourth-order valence-electron chi connectivity index (χ4n) is 4.67. The van der Waals surface area contributed by atoms with Crippen LogP contribution in [0.5, 0.6) is 11.5 Å². The molecule has 2 aromatic carbocycles. The number of aliphatic hydroxyl groups excluding tert-OH is 1. The molecule has 0 aliphatic heterocycles.